The number of ether oxygens (including phenoxy) is 1. The molecule has 3 rings (SSSR count). The molecule has 4 heteroatoms. The average Bonchev–Trinajstić information content (AvgIpc) is 2.51. The van der Waals surface area contributed by atoms with Gasteiger partial charge >= 0.3 is 0 Å². The molecule has 1 N–H and O–H groups in total. The molecule has 0 aliphatic carbocycles. The van der Waals surface area contributed by atoms with E-state index in [0.717, 1.165) is 41.8 Å². The van der Waals surface area contributed by atoms with E-state index in [9.17, 15) is 5.11 Å². The standard InChI is InChI=1S/C16H12Br2O2/c1-20-12-7-6-9(8-19)13-14(12)16(18)11-5-3-2-4-10(11)15(13)17/h2-7,19H,8H2,1H3. The minimum absolute atomic E-state index is 0.0100. The summed E-state index contributed by atoms with van der Waals surface area (Å²) in [5.41, 5.74) is 0.874. The van der Waals surface area contributed by atoms with Gasteiger partial charge in [-0.1, -0.05) is 30.3 Å². The van der Waals surface area contributed by atoms with Crippen molar-refractivity contribution in [3.8, 4) is 5.75 Å². The summed E-state index contributed by atoms with van der Waals surface area (Å²) in [4.78, 5) is 0. The zero-order valence-electron chi connectivity index (χ0n) is 10.8. The van der Waals surface area contributed by atoms with Gasteiger partial charge in [0.1, 0.15) is 5.75 Å². The maximum Gasteiger partial charge on any atom is 0.127 e. The fourth-order valence-corrected chi connectivity index (χ4v) is 4.07. The molecule has 0 aromatic heterocycles. The van der Waals surface area contributed by atoms with Gasteiger partial charge in [0.05, 0.1) is 13.7 Å². The number of fused-ring (bicyclic) bond motifs is 2. The van der Waals surface area contributed by atoms with Crippen LogP contribution in [0.4, 0.5) is 0 Å². The van der Waals surface area contributed by atoms with Crippen LogP contribution in [0, 0.1) is 0 Å². The van der Waals surface area contributed by atoms with E-state index in [1.54, 1.807) is 7.11 Å². The van der Waals surface area contributed by atoms with Gasteiger partial charge in [0.15, 0.2) is 0 Å². The molecule has 0 atom stereocenters. The molecule has 0 radical (unpaired) electrons. The third kappa shape index (κ3) is 1.94. The SMILES string of the molecule is COc1ccc(CO)c2c(Br)c3ccccc3c(Br)c12. The quantitative estimate of drug-likeness (QED) is 0.617. The summed E-state index contributed by atoms with van der Waals surface area (Å²) in [5.74, 6) is 0.788. The molecular weight excluding hydrogens is 384 g/mol. The van der Waals surface area contributed by atoms with Gasteiger partial charge in [-0.25, -0.2) is 0 Å². The summed E-state index contributed by atoms with van der Waals surface area (Å²) in [6.07, 6.45) is 0. The lowest BCUT2D eigenvalue weighted by Gasteiger charge is -2.15. The second-order valence-corrected chi connectivity index (χ2v) is 6.09. The Morgan fingerprint density at radius 2 is 1.55 bits per heavy atom. The highest BCUT2D eigenvalue weighted by atomic mass is 79.9. The van der Waals surface area contributed by atoms with Crippen molar-refractivity contribution in [1.29, 1.82) is 0 Å². The summed E-state index contributed by atoms with van der Waals surface area (Å²) < 4.78 is 7.44. The highest BCUT2D eigenvalue weighted by molar-refractivity contribution is 9.11. The first kappa shape index (κ1) is 13.9. The molecule has 0 saturated heterocycles. The summed E-state index contributed by atoms with van der Waals surface area (Å²) in [6, 6.07) is 11.9. The van der Waals surface area contributed by atoms with Gasteiger partial charge in [-0.2, -0.15) is 0 Å². The van der Waals surface area contributed by atoms with Crippen molar-refractivity contribution in [2.45, 2.75) is 6.61 Å². The van der Waals surface area contributed by atoms with Crippen molar-refractivity contribution < 1.29 is 9.84 Å². The summed E-state index contributed by atoms with van der Waals surface area (Å²) in [6.45, 7) is -0.0100. The fraction of sp³-hybridized carbons (Fsp3) is 0.125. The second-order valence-electron chi connectivity index (χ2n) is 4.51. The Hall–Kier alpha value is -1.10. The largest absolute Gasteiger partial charge is 0.496 e. The van der Waals surface area contributed by atoms with Gasteiger partial charge in [0.2, 0.25) is 0 Å². The van der Waals surface area contributed by atoms with Crippen LogP contribution in [0.3, 0.4) is 0 Å². The number of hydrogen-bond acceptors (Lipinski definition) is 2. The monoisotopic (exact) mass is 394 g/mol. The lowest BCUT2D eigenvalue weighted by Crippen LogP contribution is -1.93. The van der Waals surface area contributed by atoms with Crippen molar-refractivity contribution in [2.24, 2.45) is 0 Å². The Morgan fingerprint density at radius 1 is 0.950 bits per heavy atom. The summed E-state index contributed by atoms with van der Waals surface area (Å²) in [7, 11) is 1.66. The van der Waals surface area contributed by atoms with Crippen LogP contribution in [-0.2, 0) is 6.61 Å². The first-order chi connectivity index (χ1) is 9.69. The van der Waals surface area contributed by atoms with Gasteiger partial charge in [-0.3, -0.25) is 0 Å². The number of halogens is 2. The van der Waals surface area contributed by atoms with Crippen LogP contribution in [0.2, 0.25) is 0 Å². The van der Waals surface area contributed by atoms with Crippen molar-refractivity contribution in [3.05, 3.63) is 50.9 Å². The topological polar surface area (TPSA) is 29.5 Å². The fourth-order valence-electron chi connectivity index (χ4n) is 2.53. The van der Waals surface area contributed by atoms with Gasteiger partial charge in [-0.15, -0.1) is 0 Å². The van der Waals surface area contributed by atoms with E-state index >= 15 is 0 Å². The van der Waals surface area contributed by atoms with E-state index in [1.165, 1.54) is 0 Å². The normalized spacial score (nSPS) is 11.2. The van der Waals surface area contributed by atoms with Crippen LogP contribution in [-0.4, -0.2) is 12.2 Å². The molecule has 0 saturated carbocycles. The van der Waals surface area contributed by atoms with Crippen molar-refractivity contribution >= 4 is 53.4 Å². The van der Waals surface area contributed by atoms with Crippen molar-refractivity contribution in [2.75, 3.05) is 7.11 Å². The molecule has 0 bridgehead atoms. The number of aliphatic hydroxyl groups excluding tert-OH is 1. The lowest BCUT2D eigenvalue weighted by molar-refractivity contribution is 0.283. The van der Waals surface area contributed by atoms with Gasteiger partial charge in [0, 0.05) is 19.7 Å². The smallest absolute Gasteiger partial charge is 0.127 e. The minimum atomic E-state index is -0.0100. The number of benzene rings is 3. The van der Waals surface area contributed by atoms with E-state index in [4.69, 9.17) is 4.74 Å². The van der Waals surface area contributed by atoms with E-state index < -0.39 is 0 Å². The first-order valence-corrected chi connectivity index (χ1v) is 7.73. The molecule has 20 heavy (non-hydrogen) atoms. The van der Waals surface area contributed by atoms with E-state index in [2.05, 4.69) is 44.0 Å². The summed E-state index contributed by atoms with van der Waals surface area (Å²) in [5, 5.41) is 13.8. The van der Waals surface area contributed by atoms with Crippen LogP contribution < -0.4 is 4.74 Å². The molecule has 0 aliphatic heterocycles. The molecule has 0 amide bonds. The average molecular weight is 396 g/mol. The highest BCUT2D eigenvalue weighted by Gasteiger charge is 2.16. The third-order valence-corrected chi connectivity index (χ3v) is 5.13. The molecule has 102 valence electrons. The molecule has 0 aliphatic rings. The first-order valence-electron chi connectivity index (χ1n) is 6.15. The molecule has 2 nitrogen and oxygen atoms in total. The van der Waals surface area contributed by atoms with Crippen molar-refractivity contribution in [1.82, 2.24) is 0 Å². The Labute approximate surface area is 133 Å². The Kier molecular flexibility index (Phi) is 3.71. The number of rotatable bonds is 2. The number of hydrogen-bond donors (Lipinski definition) is 1. The molecule has 0 unspecified atom stereocenters. The summed E-state index contributed by atoms with van der Waals surface area (Å²) >= 11 is 7.37. The third-order valence-electron chi connectivity index (χ3n) is 3.48. The van der Waals surface area contributed by atoms with Crippen LogP contribution in [0.25, 0.3) is 21.5 Å². The number of aliphatic hydroxyl groups is 1. The zero-order chi connectivity index (χ0) is 14.3. The molecule has 3 aromatic rings. The molecule has 3 aromatic carbocycles. The van der Waals surface area contributed by atoms with Crippen LogP contribution in [0.5, 0.6) is 5.75 Å². The maximum atomic E-state index is 9.61. The predicted molar refractivity (Wildman–Crippen MR) is 89.3 cm³/mol. The molecule has 0 fully saturated rings. The van der Waals surface area contributed by atoms with Crippen LogP contribution in [0.15, 0.2) is 45.3 Å². The van der Waals surface area contributed by atoms with Gasteiger partial charge < -0.3 is 9.84 Å². The predicted octanol–water partition coefficient (Wildman–Crippen LogP) is 5.02. The van der Waals surface area contributed by atoms with Gasteiger partial charge in [0.25, 0.3) is 0 Å². The van der Waals surface area contributed by atoms with Crippen LogP contribution in [0.1, 0.15) is 5.56 Å². The molecule has 0 spiro atoms. The highest BCUT2D eigenvalue weighted by Crippen LogP contribution is 2.44. The Bertz CT molecular complexity index is 745. The maximum absolute atomic E-state index is 9.61. The zero-order valence-corrected chi connectivity index (χ0v) is 14.0. The van der Waals surface area contributed by atoms with Gasteiger partial charge in [-0.05, 0) is 54.3 Å². The lowest BCUT2D eigenvalue weighted by atomic mass is 9.99. The van der Waals surface area contributed by atoms with E-state index in [-0.39, 0.29) is 6.61 Å². The Morgan fingerprint density at radius 3 is 2.10 bits per heavy atom. The van der Waals surface area contributed by atoms with Crippen molar-refractivity contribution in [3.63, 3.8) is 0 Å². The molecule has 0 heterocycles. The Balaban J connectivity index is 2.64. The van der Waals surface area contributed by atoms with E-state index in [1.807, 2.05) is 24.3 Å². The molecular formula is C16H12Br2O2. The minimum Gasteiger partial charge on any atom is -0.496 e. The van der Waals surface area contributed by atoms with E-state index in [0.29, 0.717) is 0 Å². The van der Waals surface area contributed by atoms with Crippen LogP contribution >= 0.6 is 31.9 Å². The second kappa shape index (κ2) is 5.35. The number of methoxy groups -OCH3 is 1.